The first-order valence-corrected chi connectivity index (χ1v) is 8.42. The first-order chi connectivity index (χ1) is 13.6. The first-order valence-electron chi connectivity index (χ1n) is 8.42. The summed E-state index contributed by atoms with van der Waals surface area (Å²) in [6.45, 7) is 1.17. The van der Waals surface area contributed by atoms with Crippen LogP contribution in [-0.2, 0) is 25.5 Å². The highest BCUT2D eigenvalue weighted by Gasteiger charge is 2.58. The van der Waals surface area contributed by atoms with Crippen LogP contribution in [0.2, 0.25) is 0 Å². The Kier molecular flexibility index (Phi) is 8.20. The lowest BCUT2D eigenvalue weighted by molar-refractivity contribution is -0.319. The van der Waals surface area contributed by atoms with Crippen LogP contribution >= 0.6 is 0 Å². The van der Waals surface area contributed by atoms with Crippen molar-refractivity contribution in [1.29, 1.82) is 0 Å². The number of nitrogens with zero attached hydrogens (tertiary/aromatic N) is 1. The van der Waals surface area contributed by atoms with Crippen molar-refractivity contribution in [1.82, 2.24) is 10.3 Å². The van der Waals surface area contributed by atoms with Crippen molar-refractivity contribution in [3.8, 4) is 0 Å². The summed E-state index contributed by atoms with van der Waals surface area (Å²) in [6.07, 6.45) is -14.7. The van der Waals surface area contributed by atoms with Gasteiger partial charge in [0, 0.05) is 19.7 Å². The number of carbonyl (C=O) groups excluding carboxylic acids is 2. The van der Waals surface area contributed by atoms with Gasteiger partial charge in [0.05, 0.1) is 6.04 Å². The van der Waals surface area contributed by atoms with Crippen molar-refractivity contribution in [2.24, 2.45) is 0 Å². The highest BCUT2D eigenvalue weighted by molar-refractivity contribution is 5.92. The number of amides is 1. The van der Waals surface area contributed by atoms with Crippen molar-refractivity contribution in [2.75, 3.05) is 19.5 Å². The van der Waals surface area contributed by atoms with Gasteiger partial charge in [0.15, 0.2) is 5.78 Å². The van der Waals surface area contributed by atoms with E-state index in [-0.39, 0.29) is 12.2 Å². The molecular weight excluding hydrogens is 424 g/mol. The molecule has 0 aromatic carbocycles. The molecule has 1 atom stereocenters. The minimum Gasteiger partial charge on any atom is -0.384 e. The summed E-state index contributed by atoms with van der Waals surface area (Å²) in [7, 11) is 1.21. The lowest BCUT2D eigenvalue weighted by atomic mass is 10.0. The molecule has 0 fully saturated rings. The molecular formula is C17H21F6N3O4. The van der Waals surface area contributed by atoms with Gasteiger partial charge in [0.1, 0.15) is 18.0 Å². The van der Waals surface area contributed by atoms with Crippen LogP contribution in [0.1, 0.15) is 19.4 Å². The van der Waals surface area contributed by atoms with E-state index in [1.54, 1.807) is 0 Å². The van der Waals surface area contributed by atoms with Crippen LogP contribution in [0.4, 0.5) is 32.2 Å². The number of nitrogen functional groups attached to an aromatic ring is 1. The second kappa shape index (κ2) is 9.60. The molecule has 1 aromatic rings. The zero-order valence-corrected chi connectivity index (χ0v) is 16.2. The molecule has 1 aromatic heterocycles. The average molecular weight is 445 g/mol. The Morgan fingerprint density at radius 2 is 1.73 bits per heavy atom. The molecule has 0 aliphatic heterocycles. The molecule has 1 amide bonds. The number of ether oxygens (including phenoxy) is 2. The van der Waals surface area contributed by atoms with Gasteiger partial charge in [-0.1, -0.05) is 0 Å². The van der Waals surface area contributed by atoms with Crippen LogP contribution in [0.25, 0.3) is 0 Å². The predicted octanol–water partition coefficient (Wildman–Crippen LogP) is 2.19. The van der Waals surface area contributed by atoms with Crippen LogP contribution in [0.5, 0.6) is 0 Å². The van der Waals surface area contributed by atoms with E-state index >= 15 is 0 Å². The van der Waals surface area contributed by atoms with E-state index in [1.807, 2.05) is 0 Å². The molecule has 1 unspecified atom stereocenters. The van der Waals surface area contributed by atoms with Crippen LogP contribution in [0.15, 0.2) is 18.3 Å². The fraction of sp³-hybridized carbons (Fsp3) is 0.588. The van der Waals surface area contributed by atoms with Crippen molar-refractivity contribution >= 4 is 17.5 Å². The van der Waals surface area contributed by atoms with E-state index < -0.39 is 48.4 Å². The molecule has 0 aliphatic carbocycles. The molecule has 170 valence electrons. The number of carbonyl (C=O) groups is 2. The van der Waals surface area contributed by atoms with Crippen molar-refractivity contribution in [3.05, 3.63) is 23.9 Å². The minimum absolute atomic E-state index is 0.0627. The second-order valence-electron chi connectivity index (χ2n) is 6.77. The molecule has 0 radical (unpaired) electrons. The summed E-state index contributed by atoms with van der Waals surface area (Å²) in [5.41, 5.74) is 4.46. The predicted molar refractivity (Wildman–Crippen MR) is 92.2 cm³/mol. The molecule has 30 heavy (non-hydrogen) atoms. The largest absolute Gasteiger partial charge is 0.423 e. The van der Waals surface area contributed by atoms with Crippen LogP contribution in [0, 0.1) is 0 Å². The van der Waals surface area contributed by atoms with E-state index in [4.69, 9.17) is 10.5 Å². The van der Waals surface area contributed by atoms with E-state index in [1.165, 1.54) is 39.3 Å². The Morgan fingerprint density at radius 3 is 2.20 bits per heavy atom. The van der Waals surface area contributed by atoms with Gasteiger partial charge in [0.2, 0.25) is 6.10 Å². The maximum absolute atomic E-state index is 12.6. The zero-order chi connectivity index (χ0) is 23.3. The van der Waals surface area contributed by atoms with Gasteiger partial charge in [-0.15, -0.1) is 0 Å². The lowest BCUT2D eigenvalue weighted by Crippen LogP contribution is -2.53. The topological polar surface area (TPSA) is 104 Å². The maximum atomic E-state index is 12.6. The van der Waals surface area contributed by atoms with Crippen molar-refractivity contribution in [2.45, 2.75) is 50.4 Å². The number of halogens is 6. The van der Waals surface area contributed by atoms with Gasteiger partial charge in [-0.2, -0.15) is 26.3 Å². The molecule has 13 heteroatoms. The molecule has 0 saturated heterocycles. The average Bonchev–Trinajstić information content (AvgIpc) is 2.58. The molecule has 0 spiro atoms. The summed E-state index contributed by atoms with van der Waals surface area (Å²) in [5, 5.41) is 2.26. The lowest BCUT2D eigenvalue weighted by Gasteiger charge is -2.27. The Labute approximate surface area is 167 Å². The van der Waals surface area contributed by atoms with Gasteiger partial charge >= 0.3 is 12.4 Å². The Balaban J connectivity index is 3.05. The van der Waals surface area contributed by atoms with E-state index in [2.05, 4.69) is 15.0 Å². The molecule has 0 bridgehead atoms. The molecule has 1 heterocycles. The third-order valence-electron chi connectivity index (χ3n) is 4.02. The smallest absolute Gasteiger partial charge is 0.384 e. The summed E-state index contributed by atoms with van der Waals surface area (Å²) in [4.78, 5) is 28.4. The first kappa shape index (κ1) is 25.6. The van der Waals surface area contributed by atoms with Gasteiger partial charge in [-0.25, -0.2) is 4.98 Å². The number of hydrogen-bond donors (Lipinski definition) is 2. The number of anilines is 1. The number of nitrogens with two attached hydrogens (primary N) is 1. The molecule has 1 rings (SSSR count). The van der Waals surface area contributed by atoms with Crippen molar-refractivity contribution in [3.63, 3.8) is 0 Å². The number of hydrogen-bond acceptors (Lipinski definition) is 6. The fourth-order valence-electron chi connectivity index (χ4n) is 2.17. The number of methoxy groups -OCH3 is 1. The van der Waals surface area contributed by atoms with Crippen LogP contribution in [0.3, 0.4) is 0 Å². The third-order valence-corrected chi connectivity index (χ3v) is 4.02. The van der Waals surface area contributed by atoms with Gasteiger partial charge in [-0.3, -0.25) is 9.59 Å². The number of ketones is 1. The summed E-state index contributed by atoms with van der Waals surface area (Å²) >= 11 is 0. The van der Waals surface area contributed by atoms with Gasteiger partial charge in [-0.05, 0) is 31.5 Å². The standard InChI is InChI=1S/C17H21F6N3O4/c1-15(2,29-3)14(28)26-10(6-9-4-5-25-12(24)7-9)11(27)8-30-13(16(18,19)20)17(21,22)23/h4-5,7,10,13H,6,8H2,1-3H3,(H2,24,25)(H,26,28). The normalized spacial score (nSPS) is 13.9. The highest BCUT2D eigenvalue weighted by atomic mass is 19.4. The Bertz CT molecular complexity index is 738. The second-order valence-corrected chi connectivity index (χ2v) is 6.77. The molecule has 3 N–H and O–H groups in total. The number of alkyl halides is 6. The van der Waals surface area contributed by atoms with Crippen molar-refractivity contribution < 1.29 is 45.4 Å². The molecule has 7 nitrogen and oxygen atoms in total. The van der Waals surface area contributed by atoms with Gasteiger partial charge in [0.25, 0.3) is 5.91 Å². The summed E-state index contributed by atoms with van der Waals surface area (Å²) < 4.78 is 84.5. The number of nitrogens with one attached hydrogen (secondary N) is 1. The molecule has 0 saturated carbocycles. The zero-order valence-electron chi connectivity index (χ0n) is 16.2. The number of rotatable bonds is 9. The van der Waals surface area contributed by atoms with E-state index in [0.29, 0.717) is 5.56 Å². The monoisotopic (exact) mass is 445 g/mol. The summed E-state index contributed by atoms with van der Waals surface area (Å²) in [5.74, 6) is -1.95. The van der Waals surface area contributed by atoms with E-state index in [9.17, 15) is 35.9 Å². The van der Waals surface area contributed by atoms with E-state index in [0.717, 1.165) is 0 Å². The Morgan fingerprint density at radius 1 is 1.17 bits per heavy atom. The SMILES string of the molecule is COC(C)(C)C(=O)NC(Cc1ccnc(N)c1)C(=O)COC(C(F)(F)F)C(F)(F)F. The maximum Gasteiger partial charge on any atom is 0.423 e. The highest BCUT2D eigenvalue weighted by Crippen LogP contribution is 2.35. The minimum atomic E-state index is -5.77. The van der Waals surface area contributed by atoms with Crippen LogP contribution < -0.4 is 11.1 Å². The number of Topliss-reactive ketones (excluding diaryl/α,β-unsaturated/α-hetero) is 1. The summed E-state index contributed by atoms with van der Waals surface area (Å²) in [6, 6.07) is 1.25. The number of aromatic nitrogens is 1. The Hall–Kier alpha value is -2.41. The third kappa shape index (κ3) is 7.44. The van der Waals surface area contributed by atoms with Crippen LogP contribution in [-0.4, -0.2) is 60.5 Å². The fourth-order valence-corrected chi connectivity index (χ4v) is 2.17. The number of pyridine rings is 1. The quantitative estimate of drug-likeness (QED) is 0.565. The molecule has 0 aliphatic rings. The van der Waals surface area contributed by atoms with Gasteiger partial charge < -0.3 is 20.5 Å².